The molecule has 0 saturated heterocycles. The van der Waals surface area contributed by atoms with E-state index in [0.717, 1.165) is 12.2 Å². The Kier molecular flexibility index (Phi) is 6.40. The molecule has 1 amide bonds. The van der Waals surface area contributed by atoms with Crippen LogP contribution in [0.15, 0.2) is 0 Å². The van der Waals surface area contributed by atoms with Gasteiger partial charge in [-0.3, -0.25) is 9.59 Å². The molecule has 0 fully saturated rings. The maximum absolute atomic E-state index is 11.0. The average Bonchev–Trinajstić information content (AvgIpc) is 2.04. The van der Waals surface area contributed by atoms with Gasteiger partial charge in [-0.25, -0.2) is 0 Å². The number of carboxylic acid groups (broad SMARTS) is 1. The molecule has 2 N–H and O–H groups in total. The van der Waals surface area contributed by atoms with E-state index in [1.54, 1.807) is 11.8 Å². The van der Waals surface area contributed by atoms with E-state index < -0.39 is 12.0 Å². The van der Waals surface area contributed by atoms with Gasteiger partial charge < -0.3 is 10.4 Å². The van der Waals surface area contributed by atoms with Crippen LogP contribution in [0.1, 0.15) is 19.8 Å². The zero-order valence-corrected chi connectivity index (χ0v) is 8.69. The normalized spacial score (nSPS) is 12.2. The number of amides is 1. The molecule has 0 saturated carbocycles. The van der Waals surface area contributed by atoms with Crippen LogP contribution in [0.2, 0.25) is 0 Å². The van der Waals surface area contributed by atoms with Crippen molar-refractivity contribution in [1.82, 2.24) is 5.32 Å². The van der Waals surface area contributed by atoms with Gasteiger partial charge in [0.1, 0.15) is 6.04 Å². The Balaban J connectivity index is 3.56. The standard InChI is InChI=1S/C8H15NO3S/c1-6(8(11)12)9-7(10)4-3-5-13-2/h6H,3-5H2,1-2H3,(H,9,10)(H,11,12). The zero-order chi connectivity index (χ0) is 10.3. The van der Waals surface area contributed by atoms with Crippen molar-refractivity contribution in [1.29, 1.82) is 0 Å². The van der Waals surface area contributed by atoms with E-state index in [1.165, 1.54) is 6.92 Å². The number of nitrogens with one attached hydrogen (secondary N) is 1. The van der Waals surface area contributed by atoms with Crippen LogP contribution in [0.25, 0.3) is 0 Å². The number of aliphatic carboxylic acids is 1. The van der Waals surface area contributed by atoms with Crippen LogP contribution in [0.3, 0.4) is 0 Å². The van der Waals surface area contributed by atoms with E-state index in [1.807, 2.05) is 6.26 Å². The molecule has 0 heterocycles. The molecule has 0 aliphatic heterocycles. The molecule has 0 spiro atoms. The number of hydrogen-bond donors (Lipinski definition) is 2. The molecule has 0 aromatic heterocycles. The van der Waals surface area contributed by atoms with Gasteiger partial charge in [0, 0.05) is 6.42 Å². The first-order valence-electron chi connectivity index (χ1n) is 4.09. The van der Waals surface area contributed by atoms with E-state index in [2.05, 4.69) is 5.32 Å². The topological polar surface area (TPSA) is 66.4 Å². The molecule has 13 heavy (non-hydrogen) atoms. The summed E-state index contributed by atoms with van der Waals surface area (Å²) in [6.07, 6.45) is 3.16. The SMILES string of the molecule is CSCCCC(=O)NC(C)C(=O)O. The van der Waals surface area contributed by atoms with Gasteiger partial charge >= 0.3 is 5.97 Å². The summed E-state index contributed by atoms with van der Waals surface area (Å²) in [5.74, 6) is -0.267. The smallest absolute Gasteiger partial charge is 0.325 e. The average molecular weight is 205 g/mol. The Morgan fingerprint density at radius 2 is 2.15 bits per heavy atom. The molecule has 0 aromatic rings. The highest BCUT2D eigenvalue weighted by Gasteiger charge is 2.12. The highest BCUT2D eigenvalue weighted by molar-refractivity contribution is 7.98. The summed E-state index contributed by atoms with van der Waals surface area (Å²) in [4.78, 5) is 21.4. The molecular weight excluding hydrogens is 190 g/mol. The lowest BCUT2D eigenvalue weighted by Crippen LogP contribution is -2.38. The van der Waals surface area contributed by atoms with Crippen molar-refractivity contribution in [2.45, 2.75) is 25.8 Å². The first-order chi connectivity index (χ1) is 6.07. The summed E-state index contributed by atoms with van der Waals surface area (Å²) in [7, 11) is 0. The van der Waals surface area contributed by atoms with Crippen LogP contribution in [0.5, 0.6) is 0 Å². The minimum absolute atomic E-state index is 0.191. The summed E-state index contributed by atoms with van der Waals surface area (Å²) in [6.45, 7) is 1.45. The monoisotopic (exact) mass is 205 g/mol. The van der Waals surface area contributed by atoms with Gasteiger partial charge in [0.2, 0.25) is 5.91 Å². The fourth-order valence-corrected chi connectivity index (χ4v) is 1.19. The molecule has 76 valence electrons. The van der Waals surface area contributed by atoms with E-state index in [-0.39, 0.29) is 5.91 Å². The van der Waals surface area contributed by atoms with E-state index in [9.17, 15) is 9.59 Å². The third-order valence-corrected chi connectivity index (χ3v) is 2.20. The third-order valence-electron chi connectivity index (χ3n) is 1.50. The van der Waals surface area contributed by atoms with Gasteiger partial charge in [0.15, 0.2) is 0 Å². The van der Waals surface area contributed by atoms with Gasteiger partial charge in [0.25, 0.3) is 0 Å². The Labute approximate surface area is 82.1 Å². The largest absolute Gasteiger partial charge is 0.480 e. The molecule has 4 nitrogen and oxygen atoms in total. The van der Waals surface area contributed by atoms with Crippen molar-refractivity contribution in [2.75, 3.05) is 12.0 Å². The number of carboxylic acids is 1. The number of rotatable bonds is 6. The van der Waals surface area contributed by atoms with Gasteiger partial charge in [-0.1, -0.05) is 0 Å². The van der Waals surface area contributed by atoms with Crippen LogP contribution >= 0.6 is 11.8 Å². The van der Waals surface area contributed by atoms with Gasteiger partial charge in [-0.05, 0) is 25.4 Å². The minimum Gasteiger partial charge on any atom is -0.480 e. The third kappa shape index (κ3) is 6.45. The second-order valence-electron chi connectivity index (χ2n) is 2.72. The van der Waals surface area contributed by atoms with Crippen molar-refractivity contribution < 1.29 is 14.7 Å². The molecule has 0 aromatic carbocycles. The van der Waals surface area contributed by atoms with Gasteiger partial charge in [-0.15, -0.1) is 0 Å². The fraction of sp³-hybridized carbons (Fsp3) is 0.750. The van der Waals surface area contributed by atoms with Gasteiger partial charge in [0.05, 0.1) is 0 Å². The molecule has 0 aliphatic rings. The number of carbonyl (C=O) groups excluding carboxylic acids is 1. The van der Waals surface area contributed by atoms with Crippen molar-refractivity contribution in [3.8, 4) is 0 Å². The first kappa shape index (κ1) is 12.3. The lowest BCUT2D eigenvalue weighted by molar-refractivity contribution is -0.141. The summed E-state index contributed by atoms with van der Waals surface area (Å²) in [5, 5.41) is 10.9. The molecular formula is C8H15NO3S. The van der Waals surface area contributed by atoms with E-state index in [4.69, 9.17) is 5.11 Å². The second kappa shape index (κ2) is 6.77. The quantitative estimate of drug-likeness (QED) is 0.627. The predicted molar refractivity (Wildman–Crippen MR) is 52.9 cm³/mol. The van der Waals surface area contributed by atoms with Gasteiger partial charge in [-0.2, -0.15) is 11.8 Å². The molecule has 5 heteroatoms. The van der Waals surface area contributed by atoms with E-state index >= 15 is 0 Å². The summed E-state index contributed by atoms with van der Waals surface area (Å²) >= 11 is 1.67. The Morgan fingerprint density at radius 1 is 1.54 bits per heavy atom. The summed E-state index contributed by atoms with van der Waals surface area (Å²) in [5.41, 5.74) is 0. The maximum atomic E-state index is 11.0. The zero-order valence-electron chi connectivity index (χ0n) is 7.87. The fourth-order valence-electron chi connectivity index (χ4n) is 0.752. The Bertz CT molecular complexity index is 184. The Hall–Kier alpha value is -0.710. The molecule has 0 bridgehead atoms. The predicted octanol–water partition coefficient (Wildman–Crippen LogP) is 0.719. The molecule has 0 radical (unpaired) electrons. The summed E-state index contributed by atoms with van der Waals surface area (Å²) < 4.78 is 0. The maximum Gasteiger partial charge on any atom is 0.325 e. The van der Waals surface area contributed by atoms with Crippen LogP contribution in [-0.4, -0.2) is 35.0 Å². The number of hydrogen-bond acceptors (Lipinski definition) is 3. The van der Waals surface area contributed by atoms with Crippen LogP contribution in [-0.2, 0) is 9.59 Å². The minimum atomic E-state index is -1.00. The van der Waals surface area contributed by atoms with Crippen LogP contribution in [0.4, 0.5) is 0 Å². The highest BCUT2D eigenvalue weighted by Crippen LogP contribution is 1.99. The van der Waals surface area contributed by atoms with Crippen molar-refractivity contribution in [2.24, 2.45) is 0 Å². The lowest BCUT2D eigenvalue weighted by Gasteiger charge is -2.08. The highest BCUT2D eigenvalue weighted by atomic mass is 32.2. The molecule has 1 atom stereocenters. The second-order valence-corrected chi connectivity index (χ2v) is 3.71. The van der Waals surface area contributed by atoms with Crippen LogP contribution < -0.4 is 5.32 Å². The van der Waals surface area contributed by atoms with Crippen molar-refractivity contribution in [3.05, 3.63) is 0 Å². The molecule has 0 rings (SSSR count). The Morgan fingerprint density at radius 3 is 2.62 bits per heavy atom. The first-order valence-corrected chi connectivity index (χ1v) is 5.48. The lowest BCUT2D eigenvalue weighted by atomic mass is 10.3. The number of carbonyl (C=O) groups is 2. The number of thioether (sulfide) groups is 1. The van der Waals surface area contributed by atoms with Crippen molar-refractivity contribution in [3.63, 3.8) is 0 Å². The van der Waals surface area contributed by atoms with E-state index in [0.29, 0.717) is 6.42 Å². The molecule has 0 aliphatic carbocycles. The van der Waals surface area contributed by atoms with Crippen molar-refractivity contribution >= 4 is 23.6 Å². The molecule has 1 unspecified atom stereocenters. The summed E-state index contributed by atoms with van der Waals surface area (Å²) in [6, 6.07) is -0.790. The van der Waals surface area contributed by atoms with Crippen LogP contribution in [0, 0.1) is 0 Å².